The van der Waals surface area contributed by atoms with Crippen LogP contribution in [0.2, 0.25) is 0 Å². The van der Waals surface area contributed by atoms with Gasteiger partial charge in [0.15, 0.2) is 5.76 Å². The quantitative estimate of drug-likeness (QED) is 0.669. The van der Waals surface area contributed by atoms with E-state index in [1.165, 1.54) is 32.1 Å². The van der Waals surface area contributed by atoms with Crippen LogP contribution in [-0.2, 0) is 4.79 Å². The van der Waals surface area contributed by atoms with Gasteiger partial charge in [-0.05, 0) is 31.3 Å². The zero-order valence-electron chi connectivity index (χ0n) is 9.25. The number of hydrogen-bond donors (Lipinski definition) is 1. The maximum Gasteiger partial charge on any atom is 0.223 e. The highest BCUT2D eigenvalue weighted by molar-refractivity contribution is 6.10. The van der Waals surface area contributed by atoms with Crippen LogP contribution < -0.4 is 0 Å². The number of carbonyl (C=O) groups is 1. The van der Waals surface area contributed by atoms with Crippen LogP contribution in [-0.4, -0.2) is 10.9 Å². The number of hydrogen-bond acceptors (Lipinski definition) is 2. The lowest BCUT2D eigenvalue weighted by Crippen LogP contribution is -2.19. The molecule has 0 spiro atoms. The van der Waals surface area contributed by atoms with Gasteiger partial charge in [0.1, 0.15) is 0 Å². The molecule has 0 radical (unpaired) electrons. The third-order valence-electron chi connectivity index (χ3n) is 3.84. The highest BCUT2D eigenvalue weighted by Gasteiger charge is 2.38. The average Bonchev–Trinajstić information content (AvgIpc) is 2.45. The molecule has 2 aliphatic carbocycles. The summed E-state index contributed by atoms with van der Waals surface area (Å²) in [7, 11) is 0. The van der Waals surface area contributed by atoms with E-state index in [9.17, 15) is 9.90 Å². The second-order valence-corrected chi connectivity index (χ2v) is 4.76. The fraction of sp³-hybridized carbons (Fsp3) is 0.615. The highest BCUT2D eigenvalue weighted by atomic mass is 16.3. The molecule has 0 unspecified atom stereocenters. The predicted octanol–water partition coefficient (Wildman–Crippen LogP) is 3.15. The van der Waals surface area contributed by atoms with E-state index in [2.05, 4.69) is 6.58 Å². The number of ketones is 1. The monoisotopic (exact) mass is 206 g/mol. The van der Waals surface area contributed by atoms with Gasteiger partial charge < -0.3 is 5.11 Å². The molecule has 2 aliphatic rings. The normalized spacial score (nSPS) is 29.0. The molecule has 0 saturated heterocycles. The molecule has 2 heteroatoms. The molecule has 15 heavy (non-hydrogen) atoms. The van der Waals surface area contributed by atoms with Crippen LogP contribution in [0.5, 0.6) is 0 Å². The third kappa shape index (κ3) is 1.62. The van der Waals surface area contributed by atoms with Crippen molar-refractivity contribution in [2.75, 3.05) is 0 Å². The van der Waals surface area contributed by atoms with E-state index in [1.54, 1.807) is 0 Å². The third-order valence-corrected chi connectivity index (χ3v) is 3.84. The number of carbonyl (C=O) groups excluding carboxylic acids is 1. The van der Waals surface area contributed by atoms with Gasteiger partial charge in [-0.2, -0.15) is 0 Å². The lowest BCUT2D eigenvalue weighted by atomic mass is 9.76. The SMILES string of the molecule is C=C1C(=O)C(O)=C(C)[C@H]1C1CCCCC1. The van der Waals surface area contributed by atoms with Crippen molar-refractivity contribution in [1.29, 1.82) is 0 Å². The van der Waals surface area contributed by atoms with Crippen LogP contribution in [0, 0.1) is 11.8 Å². The second-order valence-electron chi connectivity index (χ2n) is 4.76. The van der Waals surface area contributed by atoms with E-state index in [-0.39, 0.29) is 17.5 Å². The molecule has 0 bridgehead atoms. The van der Waals surface area contributed by atoms with Gasteiger partial charge in [-0.15, -0.1) is 0 Å². The maximum absolute atomic E-state index is 11.6. The average molecular weight is 206 g/mol. The predicted molar refractivity (Wildman–Crippen MR) is 59.5 cm³/mol. The van der Waals surface area contributed by atoms with Crippen molar-refractivity contribution < 1.29 is 9.90 Å². The first kappa shape index (κ1) is 10.5. The highest BCUT2D eigenvalue weighted by Crippen LogP contribution is 2.42. The molecule has 0 aromatic rings. The molecule has 1 N–H and O–H groups in total. The summed E-state index contributed by atoms with van der Waals surface area (Å²) in [6.45, 7) is 5.71. The summed E-state index contributed by atoms with van der Waals surface area (Å²) in [6.07, 6.45) is 6.13. The molecule has 2 nitrogen and oxygen atoms in total. The zero-order valence-corrected chi connectivity index (χ0v) is 9.25. The van der Waals surface area contributed by atoms with Crippen molar-refractivity contribution in [3.8, 4) is 0 Å². The summed E-state index contributed by atoms with van der Waals surface area (Å²) in [5.74, 6) is 0.372. The molecule has 0 aromatic carbocycles. The summed E-state index contributed by atoms with van der Waals surface area (Å²) < 4.78 is 0. The Labute approximate surface area is 90.7 Å². The molecule has 1 atom stereocenters. The minimum absolute atomic E-state index is 0.0458. The summed E-state index contributed by atoms with van der Waals surface area (Å²) >= 11 is 0. The largest absolute Gasteiger partial charge is 0.504 e. The Balaban J connectivity index is 2.22. The van der Waals surface area contributed by atoms with Gasteiger partial charge in [0, 0.05) is 11.5 Å². The van der Waals surface area contributed by atoms with Crippen molar-refractivity contribution in [3.05, 3.63) is 23.5 Å². The van der Waals surface area contributed by atoms with Gasteiger partial charge >= 0.3 is 0 Å². The molecule has 0 heterocycles. The van der Waals surface area contributed by atoms with E-state index < -0.39 is 0 Å². The zero-order chi connectivity index (χ0) is 11.0. The maximum atomic E-state index is 11.6. The minimum atomic E-state index is -0.233. The van der Waals surface area contributed by atoms with Crippen molar-refractivity contribution in [3.63, 3.8) is 0 Å². The molecule has 0 amide bonds. The number of aliphatic hydroxyl groups excluding tert-OH is 1. The molecule has 0 aliphatic heterocycles. The topological polar surface area (TPSA) is 37.3 Å². The fourth-order valence-corrected chi connectivity index (χ4v) is 2.99. The lowest BCUT2D eigenvalue weighted by molar-refractivity contribution is -0.114. The van der Waals surface area contributed by atoms with Gasteiger partial charge in [0.2, 0.25) is 5.78 Å². The van der Waals surface area contributed by atoms with Crippen LogP contribution in [0.4, 0.5) is 0 Å². The fourth-order valence-electron chi connectivity index (χ4n) is 2.99. The molecule has 1 saturated carbocycles. The lowest BCUT2D eigenvalue weighted by Gasteiger charge is -2.28. The Bertz CT molecular complexity index is 332. The standard InChI is InChI=1S/C13H18O2/c1-8-11(9(2)13(15)12(8)14)10-6-4-3-5-7-10/h10-11,15H,1,3-7H2,2H3/t11-/m0/s1. The van der Waals surface area contributed by atoms with E-state index in [1.807, 2.05) is 6.92 Å². The number of aliphatic hydroxyl groups is 1. The first-order valence-corrected chi connectivity index (χ1v) is 5.76. The molecule has 82 valence electrons. The molecule has 1 fully saturated rings. The number of Topliss-reactive ketones (excluding diaryl/α,β-unsaturated/α-hetero) is 1. The Morgan fingerprint density at radius 3 is 2.33 bits per heavy atom. The van der Waals surface area contributed by atoms with Gasteiger partial charge in [-0.3, -0.25) is 4.79 Å². The van der Waals surface area contributed by atoms with E-state index >= 15 is 0 Å². The summed E-state index contributed by atoms with van der Waals surface area (Å²) in [5.41, 5.74) is 1.45. The first-order valence-electron chi connectivity index (χ1n) is 5.76. The Morgan fingerprint density at radius 2 is 1.87 bits per heavy atom. The Hall–Kier alpha value is -1.05. The van der Waals surface area contributed by atoms with Crippen molar-refractivity contribution in [2.45, 2.75) is 39.0 Å². The van der Waals surface area contributed by atoms with Crippen molar-refractivity contribution in [1.82, 2.24) is 0 Å². The minimum Gasteiger partial charge on any atom is -0.504 e. The van der Waals surface area contributed by atoms with E-state index in [0.29, 0.717) is 11.5 Å². The van der Waals surface area contributed by atoms with E-state index in [0.717, 1.165) is 5.57 Å². The number of rotatable bonds is 1. The number of allylic oxidation sites excluding steroid dienone is 2. The van der Waals surface area contributed by atoms with Crippen LogP contribution in [0.25, 0.3) is 0 Å². The molecular formula is C13H18O2. The summed E-state index contributed by atoms with van der Waals surface area (Å²) in [5, 5.41) is 9.61. The van der Waals surface area contributed by atoms with Crippen molar-refractivity contribution >= 4 is 5.78 Å². The first-order chi connectivity index (χ1) is 7.13. The van der Waals surface area contributed by atoms with Crippen LogP contribution in [0.3, 0.4) is 0 Å². The Kier molecular flexibility index (Phi) is 2.68. The van der Waals surface area contributed by atoms with Crippen molar-refractivity contribution in [2.24, 2.45) is 11.8 Å². The molecule has 0 aromatic heterocycles. The summed E-state index contributed by atoms with van der Waals surface area (Å²) in [4.78, 5) is 11.6. The smallest absolute Gasteiger partial charge is 0.223 e. The molecular weight excluding hydrogens is 188 g/mol. The Morgan fingerprint density at radius 1 is 1.27 bits per heavy atom. The van der Waals surface area contributed by atoms with Gasteiger partial charge in [-0.25, -0.2) is 0 Å². The van der Waals surface area contributed by atoms with Crippen LogP contribution in [0.1, 0.15) is 39.0 Å². The van der Waals surface area contributed by atoms with Crippen LogP contribution in [0.15, 0.2) is 23.5 Å². The van der Waals surface area contributed by atoms with Gasteiger partial charge in [0.25, 0.3) is 0 Å². The molecule has 2 rings (SSSR count). The van der Waals surface area contributed by atoms with Crippen LogP contribution >= 0.6 is 0 Å². The van der Waals surface area contributed by atoms with Gasteiger partial charge in [0.05, 0.1) is 0 Å². The summed E-state index contributed by atoms with van der Waals surface area (Å²) in [6, 6.07) is 0. The van der Waals surface area contributed by atoms with Gasteiger partial charge in [-0.1, -0.05) is 25.8 Å². The van der Waals surface area contributed by atoms with E-state index in [4.69, 9.17) is 0 Å². The second kappa shape index (κ2) is 3.84.